The first kappa shape index (κ1) is 13.0. The van der Waals surface area contributed by atoms with E-state index in [2.05, 4.69) is 25.8 Å². The molecule has 0 radical (unpaired) electrons. The molecule has 21 heavy (non-hydrogen) atoms. The molecule has 2 heterocycles. The molecular weight excluding hydrogens is 272 g/mol. The zero-order valence-corrected chi connectivity index (χ0v) is 11.4. The van der Waals surface area contributed by atoms with Crippen LogP contribution >= 0.6 is 0 Å². The Morgan fingerprint density at radius 1 is 1.29 bits per heavy atom. The third-order valence-corrected chi connectivity index (χ3v) is 2.75. The highest BCUT2D eigenvalue weighted by atomic mass is 16.5. The molecule has 0 aliphatic rings. The Morgan fingerprint density at radius 3 is 2.62 bits per heavy atom. The lowest BCUT2D eigenvalue weighted by atomic mass is 10.2. The van der Waals surface area contributed by atoms with Crippen molar-refractivity contribution in [1.29, 1.82) is 0 Å². The Morgan fingerprint density at radius 2 is 2.05 bits per heavy atom. The largest absolute Gasteiger partial charge is 0.334 e. The highest BCUT2D eigenvalue weighted by Gasteiger charge is 2.11. The number of amides is 1. The predicted molar refractivity (Wildman–Crippen MR) is 73.4 cm³/mol. The van der Waals surface area contributed by atoms with E-state index in [0.717, 1.165) is 5.56 Å². The van der Waals surface area contributed by atoms with Crippen molar-refractivity contribution in [2.75, 3.05) is 5.32 Å². The number of nitrogens with one attached hydrogen (secondary N) is 1. The number of hydrogen-bond acceptors (Lipinski definition) is 6. The molecule has 0 bridgehead atoms. The lowest BCUT2D eigenvalue weighted by molar-refractivity contribution is 0.102. The summed E-state index contributed by atoms with van der Waals surface area (Å²) < 4.78 is 6.54. The Labute approximate surface area is 119 Å². The molecule has 2 aromatic heterocycles. The van der Waals surface area contributed by atoms with E-state index < -0.39 is 0 Å². The first-order chi connectivity index (χ1) is 10.1. The van der Waals surface area contributed by atoms with Crippen LogP contribution in [0.5, 0.6) is 0 Å². The quantitative estimate of drug-likeness (QED) is 0.781. The van der Waals surface area contributed by atoms with Crippen LogP contribution in [-0.4, -0.2) is 31.0 Å². The summed E-state index contributed by atoms with van der Waals surface area (Å²) in [6, 6.07) is 7.09. The maximum Gasteiger partial charge on any atom is 0.277 e. The van der Waals surface area contributed by atoms with Gasteiger partial charge in [0.1, 0.15) is 0 Å². The van der Waals surface area contributed by atoms with Gasteiger partial charge in [-0.25, -0.2) is 0 Å². The molecule has 0 fully saturated rings. The van der Waals surface area contributed by atoms with E-state index >= 15 is 0 Å². The highest BCUT2D eigenvalue weighted by Crippen LogP contribution is 2.19. The zero-order valence-electron chi connectivity index (χ0n) is 11.4. The van der Waals surface area contributed by atoms with Gasteiger partial charge in [-0.3, -0.25) is 9.48 Å². The fraction of sp³-hybridized carbons (Fsp3) is 0.154. The van der Waals surface area contributed by atoms with Crippen LogP contribution in [0.1, 0.15) is 16.3 Å². The Kier molecular flexibility index (Phi) is 3.19. The van der Waals surface area contributed by atoms with Gasteiger partial charge >= 0.3 is 0 Å². The van der Waals surface area contributed by atoms with E-state index in [1.807, 2.05) is 0 Å². The molecule has 0 spiro atoms. The van der Waals surface area contributed by atoms with Crippen molar-refractivity contribution in [3.05, 3.63) is 42.0 Å². The van der Waals surface area contributed by atoms with Gasteiger partial charge in [0.2, 0.25) is 0 Å². The van der Waals surface area contributed by atoms with E-state index in [1.165, 1.54) is 4.68 Å². The lowest BCUT2D eigenvalue weighted by Gasteiger charge is -2.03. The van der Waals surface area contributed by atoms with Gasteiger partial charge in [-0.15, -0.1) is 5.10 Å². The van der Waals surface area contributed by atoms with Crippen molar-refractivity contribution in [3.63, 3.8) is 0 Å². The van der Waals surface area contributed by atoms with Crippen molar-refractivity contribution < 1.29 is 9.32 Å². The third-order valence-electron chi connectivity index (χ3n) is 2.75. The van der Waals surface area contributed by atoms with Crippen LogP contribution in [0.15, 0.2) is 35.0 Å². The number of aromatic nitrogens is 5. The summed E-state index contributed by atoms with van der Waals surface area (Å²) >= 11 is 0. The molecule has 1 N–H and O–H groups in total. The molecule has 0 unspecified atom stereocenters. The minimum absolute atomic E-state index is 0.258. The molecule has 0 saturated heterocycles. The van der Waals surface area contributed by atoms with Gasteiger partial charge in [0, 0.05) is 18.3 Å². The van der Waals surface area contributed by atoms with Crippen molar-refractivity contribution in [3.8, 4) is 11.5 Å². The second kappa shape index (κ2) is 5.16. The number of carbonyl (C=O) groups excluding carboxylic acids is 1. The van der Waals surface area contributed by atoms with Crippen LogP contribution in [-0.2, 0) is 7.05 Å². The minimum atomic E-state index is -0.315. The molecule has 0 atom stereocenters. The summed E-state index contributed by atoms with van der Waals surface area (Å²) in [5, 5.41) is 13.9. The van der Waals surface area contributed by atoms with Gasteiger partial charge in [0.15, 0.2) is 11.5 Å². The Balaban J connectivity index is 1.74. The monoisotopic (exact) mass is 284 g/mol. The molecule has 106 valence electrons. The maximum absolute atomic E-state index is 11.9. The van der Waals surface area contributed by atoms with E-state index in [4.69, 9.17) is 4.52 Å². The molecule has 0 aliphatic heterocycles. The standard InChI is InChI=1S/C13H12N6O2/c1-8-14-13(21-17-8)9-3-5-10(6-4-9)15-12(20)11-7-19(2)18-16-11/h3-7H,1-2H3,(H,15,20). The number of hydrogen-bond donors (Lipinski definition) is 1. The third kappa shape index (κ3) is 2.78. The van der Waals surface area contributed by atoms with Crippen LogP contribution in [0, 0.1) is 6.92 Å². The van der Waals surface area contributed by atoms with Crippen molar-refractivity contribution in [2.45, 2.75) is 6.92 Å². The average molecular weight is 284 g/mol. The first-order valence-corrected chi connectivity index (χ1v) is 6.20. The maximum atomic E-state index is 11.9. The average Bonchev–Trinajstić information content (AvgIpc) is 3.08. The van der Waals surface area contributed by atoms with Gasteiger partial charge in [-0.2, -0.15) is 4.98 Å². The summed E-state index contributed by atoms with van der Waals surface area (Å²) in [5.74, 6) is 0.703. The molecule has 0 aliphatic carbocycles. The van der Waals surface area contributed by atoms with E-state index in [1.54, 1.807) is 44.4 Å². The molecule has 1 aromatic carbocycles. The van der Waals surface area contributed by atoms with Gasteiger partial charge in [0.05, 0.1) is 6.20 Å². The van der Waals surface area contributed by atoms with E-state index in [9.17, 15) is 4.79 Å². The minimum Gasteiger partial charge on any atom is -0.334 e. The smallest absolute Gasteiger partial charge is 0.277 e. The Bertz CT molecular complexity index is 774. The summed E-state index contributed by atoms with van der Waals surface area (Å²) in [6.45, 7) is 1.75. The molecular formula is C13H12N6O2. The molecule has 3 aromatic rings. The number of benzene rings is 1. The number of anilines is 1. The van der Waals surface area contributed by atoms with Crippen LogP contribution in [0.3, 0.4) is 0 Å². The van der Waals surface area contributed by atoms with Crippen LogP contribution < -0.4 is 5.32 Å². The second-order valence-corrected chi connectivity index (χ2v) is 4.46. The summed E-state index contributed by atoms with van der Waals surface area (Å²) in [5.41, 5.74) is 1.69. The summed E-state index contributed by atoms with van der Waals surface area (Å²) in [4.78, 5) is 16.1. The predicted octanol–water partition coefficient (Wildman–Crippen LogP) is 1.43. The molecule has 3 rings (SSSR count). The van der Waals surface area contributed by atoms with Gasteiger partial charge in [-0.05, 0) is 31.2 Å². The van der Waals surface area contributed by atoms with Crippen molar-refractivity contribution in [1.82, 2.24) is 25.1 Å². The first-order valence-electron chi connectivity index (χ1n) is 6.20. The van der Waals surface area contributed by atoms with Crippen LogP contribution in [0.4, 0.5) is 5.69 Å². The van der Waals surface area contributed by atoms with Crippen molar-refractivity contribution in [2.24, 2.45) is 7.05 Å². The van der Waals surface area contributed by atoms with E-state index in [0.29, 0.717) is 17.4 Å². The molecule has 1 amide bonds. The lowest BCUT2D eigenvalue weighted by Crippen LogP contribution is -2.12. The summed E-state index contributed by atoms with van der Waals surface area (Å²) in [7, 11) is 1.70. The fourth-order valence-corrected chi connectivity index (χ4v) is 1.76. The topological polar surface area (TPSA) is 98.7 Å². The number of rotatable bonds is 3. The number of carbonyl (C=O) groups is 1. The molecule has 0 saturated carbocycles. The Hall–Kier alpha value is -3.03. The molecule has 8 heteroatoms. The number of nitrogens with zero attached hydrogens (tertiary/aromatic N) is 5. The highest BCUT2D eigenvalue weighted by molar-refractivity contribution is 6.02. The fourth-order valence-electron chi connectivity index (χ4n) is 1.76. The number of aryl methyl sites for hydroxylation is 2. The zero-order chi connectivity index (χ0) is 14.8. The SMILES string of the molecule is Cc1noc(-c2ccc(NC(=O)c3cn(C)nn3)cc2)n1. The van der Waals surface area contributed by atoms with Crippen molar-refractivity contribution >= 4 is 11.6 Å². The van der Waals surface area contributed by atoms with E-state index in [-0.39, 0.29) is 11.6 Å². The van der Waals surface area contributed by atoms with Crippen LogP contribution in [0.25, 0.3) is 11.5 Å². The summed E-state index contributed by atoms with van der Waals surface area (Å²) in [6.07, 6.45) is 1.55. The van der Waals surface area contributed by atoms with Gasteiger partial charge < -0.3 is 9.84 Å². The molecule has 8 nitrogen and oxygen atoms in total. The van der Waals surface area contributed by atoms with Gasteiger partial charge in [0.25, 0.3) is 11.8 Å². The normalized spacial score (nSPS) is 10.6. The van der Waals surface area contributed by atoms with Crippen LogP contribution in [0.2, 0.25) is 0 Å². The van der Waals surface area contributed by atoms with Gasteiger partial charge in [-0.1, -0.05) is 10.4 Å². The second-order valence-electron chi connectivity index (χ2n) is 4.46.